The maximum Gasteiger partial charge on any atom is 0.191 e. The average Bonchev–Trinajstić information content (AvgIpc) is 3.09. The lowest BCUT2D eigenvalue weighted by Gasteiger charge is -2.22. The Hall–Kier alpha value is -2.05. The van der Waals surface area contributed by atoms with E-state index in [1.54, 1.807) is 31.2 Å². The van der Waals surface area contributed by atoms with Crippen LogP contribution in [0.2, 0.25) is 5.02 Å². The molecular weight excluding hydrogens is 333 g/mol. The maximum atomic E-state index is 13.2. The Morgan fingerprint density at radius 1 is 1.38 bits per heavy atom. The van der Waals surface area contributed by atoms with E-state index in [0.29, 0.717) is 24.8 Å². The first-order chi connectivity index (χ1) is 11.4. The molecule has 2 aromatic rings. The Kier molecular flexibility index (Phi) is 6.23. The summed E-state index contributed by atoms with van der Waals surface area (Å²) in [5.74, 6) is 0.546. The smallest absolute Gasteiger partial charge is 0.191 e. The van der Waals surface area contributed by atoms with Crippen molar-refractivity contribution in [3.8, 4) is 0 Å². The van der Waals surface area contributed by atoms with Crippen LogP contribution >= 0.6 is 11.6 Å². The van der Waals surface area contributed by atoms with Crippen LogP contribution in [0.25, 0.3) is 0 Å². The van der Waals surface area contributed by atoms with Crippen LogP contribution in [0.3, 0.4) is 0 Å². The molecule has 0 bridgehead atoms. The highest BCUT2D eigenvalue weighted by Crippen LogP contribution is 2.20. The lowest BCUT2D eigenvalue weighted by molar-refractivity contribution is 0.0386. The van der Waals surface area contributed by atoms with E-state index in [-0.39, 0.29) is 11.6 Å². The SMILES string of the molecule is CCNC(=NCc1ccc(F)c(Cl)c1)NCC(C)(O)c1ccco1. The van der Waals surface area contributed by atoms with Gasteiger partial charge in [-0.2, -0.15) is 0 Å². The minimum atomic E-state index is -1.17. The van der Waals surface area contributed by atoms with Crippen LogP contribution in [0.15, 0.2) is 46.0 Å². The van der Waals surface area contributed by atoms with E-state index in [9.17, 15) is 9.50 Å². The molecular formula is C17H21ClFN3O2. The number of benzene rings is 1. The third-order valence-electron chi connectivity index (χ3n) is 3.40. The maximum absolute atomic E-state index is 13.2. The fraction of sp³-hybridized carbons (Fsp3) is 0.353. The Morgan fingerprint density at radius 3 is 2.79 bits per heavy atom. The van der Waals surface area contributed by atoms with Crippen molar-refractivity contribution in [2.75, 3.05) is 13.1 Å². The molecule has 0 saturated heterocycles. The molecule has 1 heterocycles. The number of guanidine groups is 1. The summed E-state index contributed by atoms with van der Waals surface area (Å²) in [6.07, 6.45) is 1.52. The minimum absolute atomic E-state index is 0.0708. The highest BCUT2D eigenvalue weighted by Gasteiger charge is 2.26. The van der Waals surface area contributed by atoms with Gasteiger partial charge in [0.25, 0.3) is 0 Å². The molecule has 3 N–H and O–H groups in total. The van der Waals surface area contributed by atoms with Crippen molar-refractivity contribution in [1.82, 2.24) is 10.6 Å². The second-order valence-electron chi connectivity index (χ2n) is 5.55. The quantitative estimate of drug-likeness (QED) is 0.551. The third-order valence-corrected chi connectivity index (χ3v) is 3.69. The standard InChI is InChI=1S/C17H21ClFN3O2/c1-3-20-16(21-10-12-6-7-14(19)13(18)9-12)22-11-17(2,23)15-5-4-8-24-15/h4-9,23H,3,10-11H2,1-2H3,(H2,20,21,22). The van der Waals surface area contributed by atoms with E-state index in [2.05, 4.69) is 15.6 Å². The number of nitrogens with one attached hydrogen (secondary N) is 2. The lowest BCUT2D eigenvalue weighted by atomic mass is 10.0. The molecule has 0 amide bonds. The molecule has 1 aromatic carbocycles. The van der Waals surface area contributed by atoms with Gasteiger partial charge in [-0.1, -0.05) is 17.7 Å². The first-order valence-electron chi connectivity index (χ1n) is 7.65. The Balaban J connectivity index is 2.01. The van der Waals surface area contributed by atoms with Gasteiger partial charge in [0, 0.05) is 6.54 Å². The molecule has 1 unspecified atom stereocenters. The summed E-state index contributed by atoms with van der Waals surface area (Å²) in [6.45, 7) is 4.81. The second kappa shape index (κ2) is 8.17. The van der Waals surface area contributed by atoms with Gasteiger partial charge in [-0.15, -0.1) is 0 Å². The predicted octanol–water partition coefficient (Wildman–Crippen LogP) is 3.03. The number of nitrogens with zero attached hydrogens (tertiary/aromatic N) is 1. The highest BCUT2D eigenvalue weighted by molar-refractivity contribution is 6.30. The summed E-state index contributed by atoms with van der Waals surface area (Å²) in [4.78, 5) is 4.41. The number of hydrogen-bond donors (Lipinski definition) is 3. The largest absolute Gasteiger partial charge is 0.466 e. The van der Waals surface area contributed by atoms with Crippen LogP contribution < -0.4 is 10.6 Å². The topological polar surface area (TPSA) is 69.8 Å². The minimum Gasteiger partial charge on any atom is -0.466 e. The van der Waals surface area contributed by atoms with E-state index in [1.165, 1.54) is 12.3 Å². The molecule has 7 heteroatoms. The average molecular weight is 354 g/mol. The molecule has 0 aliphatic carbocycles. The van der Waals surface area contributed by atoms with Crippen molar-refractivity contribution < 1.29 is 13.9 Å². The zero-order chi connectivity index (χ0) is 17.6. The van der Waals surface area contributed by atoms with Crippen molar-refractivity contribution >= 4 is 17.6 Å². The zero-order valence-electron chi connectivity index (χ0n) is 13.6. The Bertz CT molecular complexity index is 687. The fourth-order valence-corrected chi connectivity index (χ4v) is 2.28. The number of halogens is 2. The van der Waals surface area contributed by atoms with Gasteiger partial charge in [-0.3, -0.25) is 0 Å². The van der Waals surface area contributed by atoms with Crippen molar-refractivity contribution in [3.63, 3.8) is 0 Å². The number of rotatable bonds is 6. The summed E-state index contributed by atoms with van der Waals surface area (Å²) in [6, 6.07) is 7.93. The van der Waals surface area contributed by atoms with Gasteiger partial charge < -0.3 is 20.2 Å². The molecule has 24 heavy (non-hydrogen) atoms. The van der Waals surface area contributed by atoms with Gasteiger partial charge in [0.1, 0.15) is 17.2 Å². The van der Waals surface area contributed by atoms with Crippen LogP contribution in [0.1, 0.15) is 25.2 Å². The molecule has 2 rings (SSSR count). The summed E-state index contributed by atoms with van der Waals surface area (Å²) >= 11 is 5.77. The fourth-order valence-electron chi connectivity index (χ4n) is 2.08. The van der Waals surface area contributed by atoms with Crippen molar-refractivity contribution in [2.45, 2.75) is 26.0 Å². The first kappa shape index (κ1) is 18.3. The van der Waals surface area contributed by atoms with E-state index in [0.717, 1.165) is 5.56 Å². The predicted molar refractivity (Wildman–Crippen MR) is 92.5 cm³/mol. The summed E-state index contributed by atoms with van der Waals surface area (Å²) in [5.41, 5.74) is -0.379. The lowest BCUT2D eigenvalue weighted by Crippen LogP contribution is -2.44. The summed E-state index contributed by atoms with van der Waals surface area (Å²) < 4.78 is 18.4. The third kappa shape index (κ3) is 4.97. The highest BCUT2D eigenvalue weighted by atomic mass is 35.5. The molecule has 130 valence electrons. The van der Waals surface area contributed by atoms with Crippen LogP contribution in [0, 0.1) is 5.82 Å². The molecule has 0 saturated carbocycles. The van der Waals surface area contributed by atoms with Crippen LogP contribution in [-0.4, -0.2) is 24.2 Å². The van der Waals surface area contributed by atoms with Gasteiger partial charge in [0.15, 0.2) is 5.96 Å². The number of aliphatic hydroxyl groups is 1. The molecule has 0 aliphatic heterocycles. The van der Waals surface area contributed by atoms with Gasteiger partial charge in [0.05, 0.1) is 24.4 Å². The zero-order valence-corrected chi connectivity index (χ0v) is 14.4. The van der Waals surface area contributed by atoms with Gasteiger partial charge in [0.2, 0.25) is 0 Å². The molecule has 0 radical (unpaired) electrons. The van der Waals surface area contributed by atoms with E-state index in [4.69, 9.17) is 16.0 Å². The normalized spacial score (nSPS) is 14.3. The monoisotopic (exact) mass is 353 g/mol. The van der Waals surface area contributed by atoms with E-state index >= 15 is 0 Å². The van der Waals surface area contributed by atoms with Crippen LogP contribution in [-0.2, 0) is 12.1 Å². The van der Waals surface area contributed by atoms with Crippen LogP contribution in [0.4, 0.5) is 4.39 Å². The van der Waals surface area contributed by atoms with Crippen LogP contribution in [0.5, 0.6) is 0 Å². The van der Waals surface area contributed by atoms with E-state index < -0.39 is 11.4 Å². The van der Waals surface area contributed by atoms with Crippen molar-refractivity contribution in [2.24, 2.45) is 4.99 Å². The van der Waals surface area contributed by atoms with Crippen molar-refractivity contribution in [1.29, 1.82) is 0 Å². The van der Waals surface area contributed by atoms with Gasteiger partial charge >= 0.3 is 0 Å². The van der Waals surface area contributed by atoms with E-state index in [1.807, 2.05) is 6.92 Å². The molecule has 1 atom stereocenters. The summed E-state index contributed by atoms with van der Waals surface area (Å²) in [5, 5.41) is 16.7. The second-order valence-corrected chi connectivity index (χ2v) is 5.96. The number of hydrogen-bond acceptors (Lipinski definition) is 3. The Morgan fingerprint density at radius 2 is 2.17 bits per heavy atom. The molecule has 0 spiro atoms. The number of furan rings is 1. The van der Waals surface area contributed by atoms with Crippen molar-refractivity contribution in [3.05, 3.63) is 58.8 Å². The van der Waals surface area contributed by atoms with Gasteiger partial charge in [-0.05, 0) is 43.7 Å². The number of aliphatic imine (C=N–C) groups is 1. The molecule has 0 aliphatic rings. The summed E-state index contributed by atoms with van der Waals surface area (Å²) in [7, 11) is 0. The van der Waals surface area contributed by atoms with Gasteiger partial charge in [-0.25, -0.2) is 9.38 Å². The first-order valence-corrected chi connectivity index (χ1v) is 8.02. The molecule has 1 aromatic heterocycles. The Labute approximate surface area is 145 Å². The molecule has 0 fully saturated rings. The molecule has 5 nitrogen and oxygen atoms in total.